The van der Waals surface area contributed by atoms with Gasteiger partial charge < -0.3 is 5.32 Å². The van der Waals surface area contributed by atoms with Crippen LogP contribution in [0.3, 0.4) is 0 Å². The normalized spacial score (nSPS) is 25.1. The molecule has 2 atom stereocenters. The van der Waals surface area contributed by atoms with Crippen LogP contribution in [0, 0.1) is 11.8 Å². The molecule has 0 spiro atoms. The number of rotatable bonds is 5. The van der Waals surface area contributed by atoms with E-state index in [1.807, 2.05) is 17.5 Å². The van der Waals surface area contributed by atoms with Gasteiger partial charge in [-0.15, -0.1) is 11.3 Å². The maximum absolute atomic E-state index is 4.44. The van der Waals surface area contributed by atoms with Gasteiger partial charge in [0.2, 0.25) is 0 Å². The highest BCUT2D eigenvalue weighted by atomic mass is 32.1. The molecule has 0 bridgehead atoms. The van der Waals surface area contributed by atoms with E-state index in [4.69, 9.17) is 0 Å². The SMILES string of the molecule is CCc1cnc(CNCC2CCCC(C)C2)s1. The van der Waals surface area contributed by atoms with Crippen molar-refractivity contribution in [3.05, 3.63) is 16.1 Å². The van der Waals surface area contributed by atoms with Gasteiger partial charge in [0.15, 0.2) is 0 Å². The van der Waals surface area contributed by atoms with Crippen molar-refractivity contribution in [1.29, 1.82) is 0 Å². The summed E-state index contributed by atoms with van der Waals surface area (Å²) in [5.41, 5.74) is 0. The number of aryl methyl sites for hydroxylation is 1. The lowest BCUT2D eigenvalue weighted by atomic mass is 9.82. The molecule has 2 rings (SSSR count). The van der Waals surface area contributed by atoms with Crippen LogP contribution in [0.25, 0.3) is 0 Å². The summed E-state index contributed by atoms with van der Waals surface area (Å²) in [6.07, 6.45) is 8.80. The van der Waals surface area contributed by atoms with Crippen LogP contribution in [0.5, 0.6) is 0 Å². The number of thiazole rings is 1. The quantitative estimate of drug-likeness (QED) is 0.865. The van der Waals surface area contributed by atoms with Gasteiger partial charge in [-0.2, -0.15) is 0 Å². The number of aromatic nitrogens is 1. The smallest absolute Gasteiger partial charge is 0.107 e. The summed E-state index contributed by atoms with van der Waals surface area (Å²) in [5.74, 6) is 1.83. The van der Waals surface area contributed by atoms with Crippen LogP contribution in [0.4, 0.5) is 0 Å². The molecule has 0 saturated heterocycles. The largest absolute Gasteiger partial charge is 0.310 e. The average Bonchev–Trinajstić information content (AvgIpc) is 2.77. The summed E-state index contributed by atoms with van der Waals surface area (Å²) in [5, 5.41) is 4.82. The van der Waals surface area contributed by atoms with Crippen LogP contribution in [-0.2, 0) is 13.0 Å². The molecule has 1 aliphatic carbocycles. The molecule has 0 radical (unpaired) electrons. The zero-order valence-electron chi connectivity index (χ0n) is 11.0. The average molecular weight is 252 g/mol. The Balaban J connectivity index is 1.68. The molecule has 3 heteroatoms. The van der Waals surface area contributed by atoms with Crippen LogP contribution in [0.2, 0.25) is 0 Å². The lowest BCUT2D eigenvalue weighted by Gasteiger charge is -2.26. The van der Waals surface area contributed by atoms with Gasteiger partial charge in [-0.25, -0.2) is 4.98 Å². The third-order valence-corrected chi connectivity index (χ3v) is 4.85. The monoisotopic (exact) mass is 252 g/mol. The first-order valence-corrected chi connectivity index (χ1v) is 7.74. The Hall–Kier alpha value is -0.410. The van der Waals surface area contributed by atoms with Crippen LogP contribution in [0.1, 0.15) is 49.4 Å². The molecule has 0 aromatic carbocycles. The molecule has 2 unspecified atom stereocenters. The predicted octanol–water partition coefficient (Wildman–Crippen LogP) is 3.62. The zero-order chi connectivity index (χ0) is 12.1. The van der Waals surface area contributed by atoms with Gasteiger partial charge in [0.05, 0.1) is 0 Å². The number of hydrogen-bond acceptors (Lipinski definition) is 3. The van der Waals surface area contributed by atoms with E-state index in [1.165, 1.54) is 42.1 Å². The van der Waals surface area contributed by atoms with Crippen molar-refractivity contribution in [3.63, 3.8) is 0 Å². The zero-order valence-corrected chi connectivity index (χ0v) is 11.9. The Kier molecular flexibility index (Phi) is 4.99. The van der Waals surface area contributed by atoms with Gasteiger partial charge in [0.1, 0.15) is 5.01 Å². The summed E-state index contributed by atoms with van der Waals surface area (Å²) in [6, 6.07) is 0. The lowest BCUT2D eigenvalue weighted by Crippen LogP contribution is -2.26. The highest BCUT2D eigenvalue weighted by molar-refractivity contribution is 7.11. The predicted molar refractivity (Wildman–Crippen MR) is 74.3 cm³/mol. The van der Waals surface area contributed by atoms with Gasteiger partial charge in [0, 0.05) is 17.6 Å². The third-order valence-electron chi connectivity index (χ3n) is 3.70. The van der Waals surface area contributed by atoms with E-state index in [0.717, 1.165) is 24.8 Å². The highest BCUT2D eigenvalue weighted by Gasteiger charge is 2.18. The van der Waals surface area contributed by atoms with E-state index in [2.05, 4.69) is 24.1 Å². The van der Waals surface area contributed by atoms with Gasteiger partial charge in [-0.05, 0) is 37.6 Å². The first kappa shape index (κ1) is 13.0. The summed E-state index contributed by atoms with van der Waals surface area (Å²) >= 11 is 1.85. The molecular formula is C14H24N2S. The van der Waals surface area contributed by atoms with Crippen LogP contribution in [-0.4, -0.2) is 11.5 Å². The Morgan fingerprint density at radius 1 is 1.47 bits per heavy atom. The molecular weight excluding hydrogens is 228 g/mol. The minimum absolute atomic E-state index is 0.893. The second-order valence-electron chi connectivity index (χ2n) is 5.34. The topological polar surface area (TPSA) is 24.9 Å². The van der Waals surface area contributed by atoms with Crippen molar-refractivity contribution in [2.45, 2.75) is 52.5 Å². The standard InChI is InChI=1S/C14H24N2S/c1-3-13-9-16-14(17-13)10-15-8-12-6-4-5-11(2)7-12/h9,11-12,15H,3-8,10H2,1-2H3. The fourth-order valence-corrected chi connectivity index (χ4v) is 3.55. The van der Waals surface area contributed by atoms with E-state index in [9.17, 15) is 0 Å². The Morgan fingerprint density at radius 2 is 2.35 bits per heavy atom. The second kappa shape index (κ2) is 6.50. The van der Waals surface area contributed by atoms with E-state index in [1.54, 1.807) is 0 Å². The van der Waals surface area contributed by atoms with Crippen molar-refractivity contribution < 1.29 is 0 Å². The molecule has 0 amide bonds. The molecule has 1 aromatic heterocycles. The second-order valence-corrected chi connectivity index (χ2v) is 6.54. The summed E-state index contributed by atoms with van der Waals surface area (Å²) < 4.78 is 0. The Morgan fingerprint density at radius 3 is 3.06 bits per heavy atom. The van der Waals surface area contributed by atoms with Crippen molar-refractivity contribution in [2.24, 2.45) is 11.8 Å². The number of hydrogen-bond donors (Lipinski definition) is 1. The minimum Gasteiger partial charge on any atom is -0.310 e. The maximum Gasteiger partial charge on any atom is 0.107 e. The van der Waals surface area contributed by atoms with Gasteiger partial charge in [-0.3, -0.25) is 0 Å². The van der Waals surface area contributed by atoms with Gasteiger partial charge in [0.25, 0.3) is 0 Å². The van der Waals surface area contributed by atoms with Crippen LogP contribution < -0.4 is 5.32 Å². The maximum atomic E-state index is 4.44. The molecule has 1 fully saturated rings. The Bertz CT molecular complexity index is 335. The fourth-order valence-electron chi connectivity index (χ4n) is 2.72. The van der Waals surface area contributed by atoms with E-state index < -0.39 is 0 Å². The highest BCUT2D eigenvalue weighted by Crippen LogP contribution is 2.28. The number of nitrogens with one attached hydrogen (secondary N) is 1. The summed E-state index contributed by atoms with van der Waals surface area (Å²) in [4.78, 5) is 5.84. The third kappa shape index (κ3) is 4.07. The van der Waals surface area contributed by atoms with Crippen molar-refractivity contribution >= 4 is 11.3 Å². The van der Waals surface area contributed by atoms with Crippen molar-refractivity contribution in [1.82, 2.24) is 10.3 Å². The first-order chi connectivity index (χ1) is 8.28. The van der Waals surface area contributed by atoms with Crippen LogP contribution >= 0.6 is 11.3 Å². The number of nitrogens with zero attached hydrogens (tertiary/aromatic N) is 1. The lowest BCUT2D eigenvalue weighted by molar-refractivity contribution is 0.274. The fraction of sp³-hybridized carbons (Fsp3) is 0.786. The molecule has 1 aromatic rings. The van der Waals surface area contributed by atoms with Crippen LogP contribution in [0.15, 0.2) is 6.20 Å². The molecule has 17 heavy (non-hydrogen) atoms. The van der Waals surface area contributed by atoms with E-state index in [-0.39, 0.29) is 0 Å². The Labute approximate surface area is 109 Å². The van der Waals surface area contributed by atoms with Gasteiger partial charge in [-0.1, -0.05) is 26.7 Å². The summed E-state index contributed by atoms with van der Waals surface area (Å²) in [6.45, 7) is 6.70. The molecule has 1 heterocycles. The van der Waals surface area contributed by atoms with Crippen molar-refractivity contribution in [3.8, 4) is 0 Å². The van der Waals surface area contributed by atoms with E-state index in [0.29, 0.717) is 0 Å². The van der Waals surface area contributed by atoms with Crippen molar-refractivity contribution in [2.75, 3.05) is 6.54 Å². The molecule has 0 aliphatic heterocycles. The minimum atomic E-state index is 0.893. The molecule has 1 saturated carbocycles. The molecule has 96 valence electrons. The molecule has 1 N–H and O–H groups in total. The van der Waals surface area contributed by atoms with Gasteiger partial charge >= 0.3 is 0 Å². The molecule has 1 aliphatic rings. The molecule has 2 nitrogen and oxygen atoms in total. The van der Waals surface area contributed by atoms with E-state index >= 15 is 0 Å². The summed E-state index contributed by atoms with van der Waals surface area (Å²) in [7, 11) is 0. The first-order valence-electron chi connectivity index (χ1n) is 6.92.